The highest BCUT2D eigenvalue weighted by atomic mass is 32.1. The monoisotopic (exact) mass is 239 g/mol. The minimum absolute atomic E-state index is 0.518. The second-order valence-electron chi connectivity index (χ2n) is 4.74. The molecule has 0 saturated carbocycles. The molecule has 0 spiro atoms. The molecule has 0 amide bonds. The molecule has 0 fully saturated rings. The first-order valence-electron chi connectivity index (χ1n) is 5.62. The van der Waals surface area contributed by atoms with Crippen molar-refractivity contribution in [3.63, 3.8) is 0 Å². The summed E-state index contributed by atoms with van der Waals surface area (Å²) in [4.78, 5) is 14.6. The molecule has 1 N–H and O–H groups in total. The summed E-state index contributed by atoms with van der Waals surface area (Å²) in [5.41, 5.74) is 1.58. The molecule has 0 atom stereocenters. The van der Waals surface area contributed by atoms with E-state index in [1.807, 2.05) is 0 Å². The molecular formula is C12H17NO2S. The van der Waals surface area contributed by atoms with Crippen molar-refractivity contribution in [1.29, 1.82) is 0 Å². The van der Waals surface area contributed by atoms with E-state index in [9.17, 15) is 4.79 Å². The first kappa shape index (κ1) is 11.6. The van der Waals surface area contributed by atoms with Gasteiger partial charge in [0.25, 0.3) is 0 Å². The predicted molar refractivity (Wildman–Crippen MR) is 65.1 cm³/mol. The summed E-state index contributed by atoms with van der Waals surface area (Å²) in [6.07, 6.45) is 0.882. The standard InChI is InChI=1S/C12H17NO2S/c1-8(2)5-13-4-3-9-10(12(14)15)7-16-11(9)6-13/h7-8H,3-6H2,1-2H3,(H,14,15). The SMILES string of the molecule is CC(C)CN1CCc2c(C(=O)O)csc2C1. The van der Waals surface area contributed by atoms with Gasteiger partial charge in [-0.1, -0.05) is 13.8 Å². The lowest BCUT2D eigenvalue weighted by molar-refractivity contribution is 0.0695. The first-order chi connectivity index (χ1) is 7.58. The lowest BCUT2D eigenvalue weighted by atomic mass is 10.0. The van der Waals surface area contributed by atoms with Gasteiger partial charge in [-0.25, -0.2) is 4.79 Å². The molecule has 88 valence electrons. The van der Waals surface area contributed by atoms with Gasteiger partial charge in [-0.15, -0.1) is 11.3 Å². The molecule has 0 unspecified atom stereocenters. The molecule has 2 heterocycles. The number of thiophene rings is 1. The third-order valence-corrected chi connectivity index (χ3v) is 3.89. The maximum Gasteiger partial charge on any atom is 0.336 e. The molecule has 0 bridgehead atoms. The van der Waals surface area contributed by atoms with Crippen LogP contribution in [0.4, 0.5) is 0 Å². The largest absolute Gasteiger partial charge is 0.478 e. The number of carboxylic acid groups (broad SMARTS) is 1. The summed E-state index contributed by atoms with van der Waals surface area (Å²) >= 11 is 1.59. The molecule has 0 radical (unpaired) electrons. The fourth-order valence-electron chi connectivity index (χ4n) is 2.23. The third-order valence-electron chi connectivity index (χ3n) is 2.88. The van der Waals surface area contributed by atoms with Crippen LogP contribution >= 0.6 is 11.3 Å². The zero-order valence-corrected chi connectivity index (χ0v) is 10.5. The number of carboxylic acids is 1. The van der Waals surface area contributed by atoms with Crippen LogP contribution in [0.25, 0.3) is 0 Å². The highest BCUT2D eigenvalue weighted by Gasteiger charge is 2.23. The number of aromatic carboxylic acids is 1. The number of fused-ring (bicyclic) bond motifs is 1. The van der Waals surface area contributed by atoms with Crippen molar-refractivity contribution >= 4 is 17.3 Å². The molecular weight excluding hydrogens is 222 g/mol. The van der Waals surface area contributed by atoms with Crippen LogP contribution < -0.4 is 0 Å². The van der Waals surface area contributed by atoms with Crippen LogP contribution in [0, 0.1) is 5.92 Å². The normalized spacial score (nSPS) is 16.4. The topological polar surface area (TPSA) is 40.5 Å². The summed E-state index contributed by atoms with van der Waals surface area (Å²) in [6.45, 7) is 7.44. The van der Waals surface area contributed by atoms with E-state index in [0.29, 0.717) is 11.5 Å². The van der Waals surface area contributed by atoms with Gasteiger partial charge >= 0.3 is 5.97 Å². The Morgan fingerprint density at radius 2 is 2.38 bits per heavy atom. The maximum absolute atomic E-state index is 11.0. The van der Waals surface area contributed by atoms with Gasteiger partial charge in [-0.3, -0.25) is 4.90 Å². The summed E-state index contributed by atoms with van der Waals surface area (Å²) in [7, 11) is 0. The van der Waals surface area contributed by atoms with Gasteiger partial charge in [-0.2, -0.15) is 0 Å². The van der Waals surface area contributed by atoms with E-state index in [1.165, 1.54) is 4.88 Å². The van der Waals surface area contributed by atoms with Crippen molar-refractivity contribution in [2.24, 2.45) is 5.92 Å². The summed E-state index contributed by atoms with van der Waals surface area (Å²) in [5.74, 6) is -0.115. The Bertz CT molecular complexity index is 398. The van der Waals surface area contributed by atoms with Crippen LogP contribution in [-0.4, -0.2) is 29.1 Å². The van der Waals surface area contributed by atoms with Crippen LogP contribution in [0.3, 0.4) is 0 Å². The molecule has 1 aliphatic rings. The molecule has 1 aliphatic heterocycles. The average molecular weight is 239 g/mol. The predicted octanol–water partition coefficient (Wildman–Crippen LogP) is 2.46. The lowest BCUT2D eigenvalue weighted by Crippen LogP contribution is -2.33. The van der Waals surface area contributed by atoms with Crippen LogP contribution in [0.5, 0.6) is 0 Å². The second-order valence-corrected chi connectivity index (χ2v) is 5.70. The van der Waals surface area contributed by atoms with E-state index in [4.69, 9.17) is 5.11 Å². The minimum Gasteiger partial charge on any atom is -0.478 e. The Morgan fingerprint density at radius 3 is 3.00 bits per heavy atom. The fourth-order valence-corrected chi connectivity index (χ4v) is 3.35. The van der Waals surface area contributed by atoms with E-state index in [0.717, 1.165) is 31.6 Å². The zero-order chi connectivity index (χ0) is 11.7. The maximum atomic E-state index is 11.0. The number of nitrogens with zero attached hydrogens (tertiary/aromatic N) is 1. The number of hydrogen-bond acceptors (Lipinski definition) is 3. The summed E-state index contributed by atoms with van der Waals surface area (Å²) in [5, 5.41) is 10.8. The molecule has 1 aromatic rings. The van der Waals surface area contributed by atoms with Crippen LogP contribution in [0.2, 0.25) is 0 Å². The summed E-state index contributed by atoms with van der Waals surface area (Å²) < 4.78 is 0. The Hall–Kier alpha value is -0.870. The highest BCUT2D eigenvalue weighted by Crippen LogP contribution is 2.28. The zero-order valence-electron chi connectivity index (χ0n) is 9.69. The molecule has 0 aliphatic carbocycles. The second kappa shape index (κ2) is 4.55. The Labute approximate surface area is 99.7 Å². The Morgan fingerprint density at radius 1 is 1.62 bits per heavy atom. The van der Waals surface area contributed by atoms with Crippen molar-refractivity contribution < 1.29 is 9.90 Å². The molecule has 4 heteroatoms. The van der Waals surface area contributed by atoms with Gasteiger partial charge in [0.2, 0.25) is 0 Å². The minimum atomic E-state index is -0.783. The van der Waals surface area contributed by atoms with E-state index in [1.54, 1.807) is 16.7 Å². The molecule has 2 rings (SSSR count). The van der Waals surface area contributed by atoms with Crippen molar-refractivity contribution in [3.05, 3.63) is 21.4 Å². The van der Waals surface area contributed by atoms with E-state index in [2.05, 4.69) is 18.7 Å². The number of hydrogen-bond donors (Lipinski definition) is 1. The highest BCUT2D eigenvalue weighted by molar-refractivity contribution is 7.10. The van der Waals surface area contributed by atoms with Crippen molar-refractivity contribution in [1.82, 2.24) is 4.90 Å². The summed E-state index contributed by atoms with van der Waals surface area (Å²) in [6, 6.07) is 0. The van der Waals surface area contributed by atoms with Crippen LogP contribution in [-0.2, 0) is 13.0 Å². The van der Waals surface area contributed by atoms with Crippen molar-refractivity contribution in [3.8, 4) is 0 Å². The van der Waals surface area contributed by atoms with Gasteiger partial charge < -0.3 is 5.11 Å². The molecule has 1 aromatic heterocycles. The molecule has 16 heavy (non-hydrogen) atoms. The van der Waals surface area contributed by atoms with E-state index in [-0.39, 0.29) is 0 Å². The number of rotatable bonds is 3. The van der Waals surface area contributed by atoms with Crippen LogP contribution in [0.15, 0.2) is 5.38 Å². The lowest BCUT2D eigenvalue weighted by Gasteiger charge is -2.28. The fraction of sp³-hybridized carbons (Fsp3) is 0.583. The molecule has 3 nitrogen and oxygen atoms in total. The third kappa shape index (κ3) is 2.28. The van der Waals surface area contributed by atoms with Gasteiger partial charge in [-0.05, 0) is 17.9 Å². The van der Waals surface area contributed by atoms with Gasteiger partial charge in [0.15, 0.2) is 0 Å². The van der Waals surface area contributed by atoms with E-state index >= 15 is 0 Å². The Kier molecular flexibility index (Phi) is 3.30. The van der Waals surface area contributed by atoms with Crippen LogP contribution in [0.1, 0.15) is 34.6 Å². The van der Waals surface area contributed by atoms with Gasteiger partial charge in [0.1, 0.15) is 0 Å². The number of carbonyl (C=O) groups is 1. The van der Waals surface area contributed by atoms with Crippen molar-refractivity contribution in [2.45, 2.75) is 26.8 Å². The average Bonchev–Trinajstić information content (AvgIpc) is 2.59. The molecule has 0 saturated heterocycles. The van der Waals surface area contributed by atoms with Gasteiger partial charge in [0.05, 0.1) is 5.56 Å². The molecule has 0 aromatic carbocycles. The van der Waals surface area contributed by atoms with Gasteiger partial charge in [0, 0.05) is 29.9 Å². The Balaban J connectivity index is 2.14. The quantitative estimate of drug-likeness (QED) is 0.881. The smallest absolute Gasteiger partial charge is 0.336 e. The van der Waals surface area contributed by atoms with E-state index < -0.39 is 5.97 Å². The first-order valence-corrected chi connectivity index (χ1v) is 6.50. The van der Waals surface area contributed by atoms with Crippen molar-refractivity contribution in [2.75, 3.05) is 13.1 Å².